The van der Waals surface area contributed by atoms with E-state index in [0.29, 0.717) is 11.3 Å². The lowest BCUT2D eigenvalue weighted by atomic mass is 10.2. The minimum absolute atomic E-state index is 0.256. The lowest BCUT2D eigenvalue weighted by Gasteiger charge is -2.19. The summed E-state index contributed by atoms with van der Waals surface area (Å²) in [5, 5.41) is 11.1. The number of carboxylic acids is 1. The number of hydrogen-bond acceptors (Lipinski definition) is 2. The van der Waals surface area contributed by atoms with Gasteiger partial charge in [0.05, 0.1) is 0 Å². The number of carboxylic acid groups (broad SMARTS) is 1. The van der Waals surface area contributed by atoms with Crippen LogP contribution in [-0.2, 0) is 4.79 Å². The number of anilines is 1. The summed E-state index contributed by atoms with van der Waals surface area (Å²) >= 11 is 0. The van der Waals surface area contributed by atoms with Crippen LogP contribution in [0.15, 0.2) is 18.2 Å². The Hall–Kier alpha value is -2.11. The molecule has 0 aromatic heterocycles. The van der Waals surface area contributed by atoms with Gasteiger partial charge in [-0.05, 0) is 31.5 Å². The minimum Gasteiger partial charge on any atom is -0.480 e. The molecule has 0 bridgehead atoms. The Labute approximate surface area is 104 Å². The molecule has 1 aromatic carbocycles. The van der Waals surface area contributed by atoms with E-state index in [9.17, 15) is 14.0 Å². The summed E-state index contributed by atoms with van der Waals surface area (Å²) in [6, 6.07) is 3.47. The van der Waals surface area contributed by atoms with Crippen LogP contribution in [-0.4, -0.2) is 35.1 Å². The highest BCUT2D eigenvalue weighted by Crippen LogP contribution is 2.16. The third kappa shape index (κ3) is 3.73. The lowest BCUT2D eigenvalue weighted by molar-refractivity contribution is -0.137. The predicted molar refractivity (Wildman–Crippen MR) is 65.0 cm³/mol. The number of urea groups is 1. The van der Waals surface area contributed by atoms with Crippen LogP contribution in [0.1, 0.15) is 12.5 Å². The topological polar surface area (TPSA) is 69.6 Å². The first-order valence-corrected chi connectivity index (χ1v) is 5.48. The number of aliphatic carboxylic acids is 1. The Morgan fingerprint density at radius 3 is 2.67 bits per heavy atom. The fraction of sp³-hybridized carbons (Fsp3) is 0.333. The smallest absolute Gasteiger partial charge is 0.323 e. The second-order valence-corrected chi connectivity index (χ2v) is 3.80. The molecule has 0 spiro atoms. The number of nitrogens with one attached hydrogen (secondary N) is 1. The molecule has 0 aliphatic carbocycles. The second kappa shape index (κ2) is 6.00. The molecule has 0 fully saturated rings. The first-order valence-electron chi connectivity index (χ1n) is 5.48. The van der Waals surface area contributed by atoms with Gasteiger partial charge in [0.2, 0.25) is 0 Å². The van der Waals surface area contributed by atoms with Crippen LogP contribution in [0.25, 0.3) is 0 Å². The molecule has 18 heavy (non-hydrogen) atoms. The molecule has 0 atom stereocenters. The van der Waals surface area contributed by atoms with Crippen molar-refractivity contribution in [3.63, 3.8) is 0 Å². The van der Waals surface area contributed by atoms with Crippen molar-refractivity contribution in [1.82, 2.24) is 4.90 Å². The van der Waals surface area contributed by atoms with Crippen LogP contribution in [0.4, 0.5) is 14.9 Å². The zero-order valence-corrected chi connectivity index (χ0v) is 10.2. The van der Waals surface area contributed by atoms with Gasteiger partial charge in [-0.3, -0.25) is 4.79 Å². The molecule has 0 aliphatic rings. The van der Waals surface area contributed by atoms with Gasteiger partial charge in [-0.1, -0.05) is 6.07 Å². The van der Waals surface area contributed by atoms with E-state index in [1.54, 1.807) is 19.9 Å². The summed E-state index contributed by atoms with van der Waals surface area (Å²) in [6.45, 7) is 3.26. The monoisotopic (exact) mass is 254 g/mol. The maximum absolute atomic E-state index is 13.0. The largest absolute Gasteiger partial charge is 0.480 e. The van der Waals surface area contributed by atoms with Gasteiger partial charge in [0.25, 0.3) is 0 Å². The molecule has 1 aromatic rings. The standard InChI is InChI=1S/C12H15FN2O3/c1-3-15(7-11(16)17)12(18)14-10-6-9(13)5-4-8(10)2/h4-6H,3,7H2,1-2H3,(H,14,18)(H,16,17). The zero-order chi connectivity index (χ0) is 13.7. The predicted octanol–water partition coefficient (Wildman–Crippen LogP) is 2.07. The fourth-order valence-electron chi connectivity index (χ4n) is 1.41. The van der Waals surface area contributed by atoms with Gasteiger partial charge in [0.1, 0.15) is 12.4 Å². The summed E-state index contributed by atoms with van der Waals surface area (Å²) in [4.78, 5) is 23.5. The molecule has 98 valence electrons. The number of rotatable bonds is 4. The Balaban J connectivity index is 2.79. The van der Waals surface area contributed by atoms with Gasteiger partial charge < -0.3 is 15.3 Å². The summed E-state index contributed by atoms with van der Waals surface area (Å²) in [7, 11) is 0. The van der Waals surface area contributed by atoms with Gasteiger partial charge in [-0.2, -0.15) is 0 Å². The number of hydrogen-bond donors (Lipinski definition) is 2. The number of benzene rings is 1. The maximum atomic E-state index is 13.0. The molecule has 0 saturated carbocycles. The molecule has 0 aliphatic heterocycles. The van der Waals surface area contributed by atoms with Crippen molar-refractivity contribution in [3.8, 4) is 0 Å². The van der Waals surface area contributed by atoms with Gasteiger partial charge >= 0.3 is 12.0 Å². The SMILES string of the molecule is CCN(CC(=O)O)C(=O)Nc1cc(F)ccc1C. The highest BCUT2D eigenvalue weighted by Gasteiger charge is 2.15. The molecule has 0 saturated heterocycles. The Kier molecular flexibility index (Phi) is 4.65. The molecule has 6 heteroatoms. The third-order valence-electron chi connectivity index (χ3n) is 2.44. The Bertz CT molecular complexity index is 463. The van der Waals surface area contributed by atoms with Crippen LogP contribution in [0.3, 0.4) is 0 Å². The molecule has 0 heterocycles. The number of nitrogens with zero attached hydrogens (tertiary/aromatic N) is 1. The minimum atomic E-state index is -1.09. The van der Waals surface area contributed by atoms with E-state index >= 15 is 0 Å². The lowest BCUT2D eigenvalue weighted by Crippen LogP contribution is -2.38. The molecular weight excluding hydrogens is 239 g/mol. The molecule has 1 rings (SSSR count). The van der Waals surface area contributed by atoms with E-state index in [2.05, 4.69) is 5.32 Å². The number of aryl methyl sites for hydroxylation is 1. The molecule has 0 radical (unpaired) electrons. The first kappa shape index (κ1) is 14.0. The summed E-state index contributed by atoms with van der Waals surface area (Å²) in [6.07, 6.45) is 0. The van der Waals surface area contributed by atoms with Gasteiger partial charge in [-0.15, -0.1) is 0 Å². The van der Waals surface area contributed by atoms with Crippen molar-refractivity contribution in [1.29, 1.82) is 0 Å². The molecule has 0 unspecified atom stereocenters. The van der Waals surface area contributed by atoms with E-state index in [4.69, 9.17) is 5.11 Å². The molecule has 2 N–H and O–H groups in total. The van der Waals surface area contributed by atoms with E-state index in [1.807, 2.05) is 0 Å². The van der Waals surface area contributed by atoms with E-state index in [-0.39, 0.29) is 6.54 Å². The number of halogens is 1. The van der Waals surface area contributed by atoms with Gasteiger partial charge in [0, 0.05) is 12.2 Å². The van der Waals surface area contributed by atoms with Crippen molar-refractivity contribution in [2.75, 3.05) is 18.4 Å². The first-order chi connectivity index (χ1) is 8.43. The van der Waals surface area contributed by atoms with E-state index in [0.717, 1.165) is 4.90 Å². The van der Waals surface area contributed by atoms with Crippen molar-refractivity contribution in [2.24, 2.45) is 0 Å². The Morgan fingerprint density at radius 1 is 1.44 bits per heavy atom. The van der Waals surface area contributed by atoms with Crippen LogP contribution in [0.2, 0.25) is 0 Å². The van der Waals surface area contributed by atoms with Crippen LogP contribution < -0.4 is 5.32 Å². The average molecular weight is 254 g/mol. The van der Waals surface area contributed by atoms with Crippen molar-refractivity contribution >= 4 is 17.7 Å². The quantitative estimate of drug-likeness (QED) is 0.864. The normalized spacial score (nSPS) is 9.94. The molecular formula is C12H15FN2O3. The highest BCUT2D eigenvalue weighted by atomic mass is 19.1. The Morgan fingerprint density at radius 2 is 2.11 bits per heavy atom. The van der Waals surface area contributed by atoms with E-state index < -0.39 is 24.4 Å². The molecule has 2 amide bonds. The number of likely N-dealkylation sites (N-methyl/N-ethyl adjacent to an activating group) is 1. The highest BCUT2D eigenvalue weighted by molar-refractivity contribution is 5.91. The summed E-state index contributed by atoms with van der Waals surface area (Å²) < 4.78 is 13.0. The average Bonchev–Trinajstić information content (AvgIpc) is 2.30. The van der Waals surface area contributed by atoms with Crippen LogP contribution in [0.5, 0.6) is 0 Å². The van der Waals surface area contributed by atoms with Gasteiger partial charge in [0.15, 0.2) is 0 Å². The van der Waals surface area contributed by atoms with Crippen molar-refractivity contribution < 1.29 is 19.1 Å². The van der Waals surface area contributed by atoms with Crippen LogP contribution >= 0.6 is 0 Å². The maximum Gasteiger partial charge on any atom is 0.323 e. The summed E-state index contributed by atoms with van der Waals surface area (Å²) in [5.41, 5.74) is 1.04. The molecule has 5 nitrogen and oxygen atoms in total. The number of amides is 2. The number of carbonyl (C=O) groups is 2. The fourth-order valence-corrected chi connectivity index (χ4v) is 1.41. The van der Waals surface area contributed by atoms with Crippen LogP contribution in [0, 0.1) is 12.7 Å². The van der Waals surface area contributed by atoms with E-state index in [1.165, 1.54) is 12.1 Å². The second-order valence-electron chi connectivity index (χ2n) is 3.80. The summed E-state index contributed by atoms with van der Waals surface area (Å²) in [5.74, 6) is -1.56. The van der Waals surface area contributed by atoms with Crippen molar-refractivity contribution in [2.45, 2.75) is 13.8 Å². The number of carbonyl (C=O) groups excluding carboxylic acids is 1. The third-order valence-corrected chi connectivity index (χ3v) is 2.44. The zero-order valence-electron chi connectivity index (χ0n) is 10.2. The van der Waals surface area contributed by atoms with Gasteiger partial charge in [-0.25, -0.2) is 9.18 Å². The van der Waals surface area contributed by atoms with Crippen molar-refractivity contribution in [3.05, 3.63) is 29.6 Å².